The summed E-state index contributed by atoms with van der Waals surface area (Å²) in [5.41, 5.74) is 0.0537. The van der Waals surface area contributed by atoms with E-state index in [-0.39, 0.29) is 11.4 Å². The van der Waals surface area contributed by atoms with Gasteiger partial charge in [0.2, 0.25) is 0 Å². The first-order valence-corrected chi connectivity index (χ1v) is 5.89. The lowest BCUT2D eigenvalue weighted by molar-refractivity contribution is -0.384. The smallest absolute Gasteiger partial charge is 0.324 e. The quantitative estimate of drug-likeness (QED) is 0.660. The molecule has 0 saturated heterocycles. The van der Waals surface area contributed by atoms with Crippen molar-refractivity contribution in [2.24, 2.45) is 7.05 Å². The van der Waals surface area contributed by atoms with Gasteiger partial charge in [0.25, 0.3) is 5.69 Å². The molecule has 9 heteroatoms. The van der Waals surface area contributed by atoms with Gasteiger partial charge in [0.1, 0.15) is 11.6 Å². The topological polar surface area (TPSA) is 111 Å². The van der Waals surface area contributed by atoms with Crippen LogP contribution in [-0.4, -0.2) is 27.8 Å². The molecule has 0 aliphatic heterocycles. The van der Waals surface area contributed by atoms with Crippen molar-refractivity contribution >= 4 is 23.2 Å². The molecule has 9 nitrogen and oxygen atoms in total. The molecule has 110 valence electrons. The van der Waals surface area contributed by atoms with Crippen LogP contribution in [0.3, 0.4) is 0 Å². The molecule has 0 fully saturated rings. The van der Waals surface area contributed by atoms with Crippen LogP contribution in [0.4, 0.5) is 22.0 Å². The lowest BCUT2D eigenvalue weighted by atomic mass is 10.2. The van der Waals surface area contributed by atoms with Crippen LogP contribution in [0.2, 0.25) is 0 Å². The highest BCUT2D eigenvalue weighted by Crippen LogP contribution is 2.28. The largest absolute Gasteiger partial charge is 0.495 e. The summed E-state index contributed by atoms with van der Waals surface area (Å²) in [4.78, 5) is 22.1. The molecule has 0 aliphatic rings. The number of methoxy groups -OCH3 is 1. The number of rotatable bonds is 4. The molecular weight excluding hydrogens is 278 g/mol. The second-order valence-electron chi connectivity index (χ2n) is 4.06. The highest BCUT2D eigenvalue weighted by molar-refractivity contribution is 6.00. The highest BCUT2D eigenvalue weighted by Gasteiger charge is 2.14. The molecule has 21 heavy (non-hydrogen) atoms. The minimum atomic E-state index is -0.558. The number of nitro groups is 1. The second kappa shape index (κ2) is 5.90. The van der Waals surface area contributed by atoms with Gasteiger partial charge in [-0.1, -0.05) is 0 Å². The van der Waals surface area contributed by atoms with Gasteiger partial charge >= 0.3 is 6.03 Å². The normalized spacial score (nSPS) is 10.0. The van der Waals surface area contributed by atoms with Crippen molar-refractivity contribution in [1.82, 2.24) is 9.78 Å². The molecular formula is C12H13N5O4. The molecule has 1 aromatic heterocycles. The number of nitrogens with zero attached hydrogens (tertiary/aromatic N) is 3. The first-order valence-electron chi connectivity index (χ1n) is 5.89. The van der Waals surface area contributed by atoms with Crippen LogP contribution in [0.5, 0.6) is 5.75 Å². The summed E-state index contributed by atoms with van der Waals surface area (Å²) in [6, 6.07) is 4.99. The predicted octanol–water partition coefficient (Wildman–Crippen LogP) is 1.98. The van der Waals surface area contributed by atoms with Gasteiger partial charge in [-0.2, -0.15) is 5.10 Å². The van der Waals surface area contributed by atoms with Crippen molar-refractivity contribution in [1.29, 1.82) is 0 Å². The minimum absolute atomic E-state index is 0.147. The predicted molar refractivity (Wildman–Crippen MR) is 75.5 cm³/mol. The van der Waals surface area contributed by atoms with E-state index >= 15 is 0 Å². The minimum Gasteiger partial charge on any atom is -0.495 e. The Labute approximate surface area is 119 Å². The van der Waals surface area contributed by atoms with Gasteiger partial charge in [-0.25, -0.2) is 4.79 Å². The van der Waals surface area contributed by atoms with E-state index in [1.807, 2.05) is 0 Å². The summed E-state index contributed by atoms with van der Waals surface area (Å²) in [5, 5.41) is 19.7. The molecule has 2 N–H and O–H groups in total. The molecule has 2 rings (SSSR count). The number of hydrogen-bond acceptors (Lipinski definition) is 5. The Balaban J connectivity index is 2.17. The van der Waals surface area contributed by atoms with Gasteiger partial charge in [0.05, 0.1) is 23.9 Å². The number of aryl methyl sites for hydroxylation is 1. The lowest BCUT2D eigenvalue weighted by Crippen LogP contribution is -2.21. The van der Waals surface area contributed by atoms with E-state index in [2.05, 4.69) is 15.7 Å². The maximum Gasteiger partial charge on any atom is 0.324 e. The molecule has 0 aliphatic carbocycles. The number of hydrogen-bond donors (Lipinski definition) is 2. The van der Waals surface area contributed by atoms with E-state index in [0.29, 0.717) is 11.6 Å². The Kier molecular flexibility index (Phi) is 4.02. The lowest BCUT2D eigenvalue weighted by Gasteiger charge is -2.11. The molecule has 2 aromatic rings. The van der Waals surface area contributed by atoms with Crippen LogP contribution in [0.15, 0.2) is 30.5 Å². The van der Waals surface area contributed by atoms with Crippen LogP contribution < -0.4 is 15.4 Å². The van der Waals surface area contributed by atoms with E-state index < -0.39 is 11.0 Å². The van der Waals surface area contributed by atoms with Gasteiger partial charge in [0, 0.05) is 25.2 Å². The van der Waals surface area contributed by atoms with E-state index in [0.717, 1.165) is 0 Å². The molecule has 0 saturated carbocycles. The summed E-state index contributed by atoms with van der Waals surface area (Å²) in [7, 11) is 3.08. The number of nitro benzene ring substituents is 1. The van der Waals surface area contributed by atoms with Crippen molar-refractivity contribution in [3.05, 3.63) is 40.6 Å². The molecule has 0 bridgehead atoms. The first-order chi connectivity index (χ1) is 10.0. The number of nitrogens with one attached hydrogen (secondary N) is 2. The van der Waals surface area contributed by atoms with Crippen LogP contribution in [0.1, 0.15) is 0 Å². The Morgan fingerprint density at radius 3 is 2.71 bits per heavy atom. The number of carbonyl (C=O) groups is 1. The molecule has 0 radical (unpaired) electrons. The standard InChI is InChI=1S/C12H13N5O4/c1-16-11(5-6-13-16)15-12(18)14-9-7-8(17(19)20)3-4-10(9)21-2/h3-7H,1-2H3,(H2,14,15,18). The Morgan fingerprint density at radius 1 is 1.38 bits per heavy atom. The Hall–Kier alpha value is -3.10. The fourth-order valence-electron chi connectivity index (χ4n) is 1.67. The van der Waals surface area contributed by atoms with E-state index in [1.54, 1.807) is 13.1 Å². The highest BCUT2D eigenvalue weighted by atomic mass is 16.6. The Bertz CT molecular complexity index is 682. The van der Waals surface area contributed by atoms with Crippen molar-refractivity contribution in [3.8, 4) is 5.75 Å². The summed E-state index contributed by atoms with van der Waals surface area (Å²) in [5.74, 6) is 0.803. The van der Waals surface area contributed by atoms with Crippen LogP contribution in [-0.2, 0) is 7.05 Å². The summed E-state index contributed by atoms with van der Waals surface area (Å²) in [6.07, 6.45) is 1.53. The van der Waals surface area contributed by atoms with E-state index in [4.69, 9.17) is 4.74 Å². The maximum absolute atomic E-state index is 11.9. The number of benzene rings is 1. The summed E-state index contributed by atoms with van der Waals surface area (Å²) in [6.45, 7) is 0. The van der Waals surface area contributed by atoms with Crippen molar-refractivity contribution < 1.29 is 14.5 Å². The van der Waals surface area contributed by atoms with Gasteiger partial charge in [0.15, 0.2) is 0 Å². The SMILES string of the molecule is COc1ccc([N+](=O)[O-])cc1NC(=O)Nc1ccnn1C. The van der Waals surface area contributed by atoms with Crippen LogP contribution >= 0.6 is 0 Å². The van der Waals surface area contributed by atoms with Gasteiger partial charge in [-0.15, -0.1) is 0 Å². The molecule has 1 heterocycles. The van der Waals surface area contributed by atoms with Gasteiger partial charge in [-0.05, 0) is 6.07 Å². The number of ether oxygens (including phenoxy) is 1. The third-order valence-electron chi connectivity index (χ3n) is 2.70. The average Bonchev–Trinajstić information content (AvgIpc) is 2.84. The number of non-ortho nitro benzene ring substituents is 1. The van der Waals surface area contributed by atoms with E-state index in [9.17, 15) is 14.9 Å². The number of anilines is 2. The first kappa shape index (κ1) is 14.3. The van der Waals surface area contributed by atoms with Crippen molar-refractivity contribution in [3.63, 3.8) is 0 Å². The van der Waals surface area contributed by atoms with Crippen LogP contribution in [0.25, 0.3) is 0 Å². The van der Waals surface area contributed by atoms with Gasteiger partial charge in [-0.3, -0.25) is 20.1 Å². The molecule has 1 aromatic carbocycles. The molecule has 0 atom stereocenters. The number of amides is 2. The van der Waals surface area contributed by atoms with Crippen molar-refractivity contribution in [2.75, 3.05) is 17.7 Å². The van der Waals surface area contributed by atoms with Gasteiger partial charge < -0.3 is 10.1 Å². The summed E-state index contributed by atoms with van der Waals surface area (Å²) < 4.78 is 6.53. The second-order valence-corrected chi connectivity index (χ2v) is 4.06. The fraction of sp³-hybridized carbons (Fsp3) is 0.167. The zero-order valence-corrected chi connectivity index (χ0v) is 11.4. The molecule has 2 amide bonds. The average molecular weight is 291 g/mol. The monoisotopic (exact) mass is 291 g/mol. The van der Waals surface area contributed by atoms with E-state index in [1.165, 1.54) is 36.2 Å². The maximum atomic E-state index is 11.9. The molecule has 0 unspecified atom stereocenters. The zero-order valence-electron chi connectivity index (χ0n) is 11.4. The molecule has 0 spiro atoms. The van der Waals surface area contributed by atoms with Crippen LogP contribution in [0, 0.1) is 10.1 Å². The zero-order chi connectivity index (χ0) is 15.4. The third kappa shape index (κ3) is 3.26. The fourth-order valence-corrected chi connectivity index (χ4v) is 1.67. The van der Waals surface area contributed by atoms with Crippen molar-refractivity contribution in [2.45, 2.75) is 0 Å². The number of carbonyl (C=O) groups excluding carboxylic acids is 1. The summed E-state index contributed by atoms with van der Waals surface area (Å²) >= 11 is 0. The third-order valence-corrected chi connectivity index (χ3v) is 2.70. The number of aromatic nitrogens is 2. The number of urea groups is 1. The Morgan fingerprint density at radius 2 is 2.14 bits per heavy atom.